The van der Waals surface area contributed by atoms with E-state index in [1.165, 1.54) is 73.5 Å². The summed E-state index contributed by atoms with van der Waals surface area (Å²) in [4.78, 5) is 0. The van der Waals surface area contributed by atoms with Crippen LogP contribution in [-0.2, 0) is 17.8 Å². The molecule has 0 amide bonds. The fraction of sp³-hybridized carbons (Fsp3) is 0.213. The van der Waals surface area contributed by atoms with E-state index in [1.807, 2.05) is 48.5 Å². The standard InChI is InChI=1S/C17H14F6.C16H12F6.C14H12F2.C14H14O/c1-11-3-7-13(8-4-11)15(16(18,19)20,17(21,22)23)14-9-5-12(2)6-10-14;1-9-3-5-11(13(7-9)15(17,18)19)12-6-4-10(2)8-14(12)16(20,21)22;1-9-3-5-11(13(15)7-9)12-6-4-10(2)8-14(12)16;1-11-3-7-13(8-4-11)15-14-9-5-12(2)6-10-14/h3-10H,1-2H3;3-8H,1-2H3;3-8H,1-2H3;3-10H,1-2H3. The maximum atomic E-state index is 13.7. The van der Waals surface area contributed by atoms with Crippen LogP contribution in [0.25, 0.3) is 22.3 Å². The Morgan fingerprint density at radius 1 is 0.276 bits per heavy atom. The minimum atomic E-state index is -5.53. The summed E-state index contributed by atoms with van der Waals surface area (Å²) in [5.41, 5.74) is -2.23. The van der Waals surface area contributed by atoms with Gasteiger partial charge < -0.3 is 4.74 Å². The van der Waals surface area contributed by atoms with Crippen LogP contribution in [-0.4, -0.2) is 12.4 Å². The lowest BCUT2D eigenvalue weighted by atomic mass is 9.72. The van der Waals surface area contributed by atoms with Gasteiger partial charge in [0.25, 0.3) is 0 Å². The molecular formula is C61H52F14O. The van der Waals surface area contributed by atoms with Crippen LogP contribution in [0.5, 0.6) is 11.5 Å². The molecule has 0 atom stereocenters. The van der Waals surface area contributed by atoms with Crippen molar-refractivity contribution in [3.63, 3.8) is 0 Å². The van der Waals surface area contributed by atoms with E-state index in [4.69, 9.17) is 4.74 Å². The van der Waals surface area contributed by atoms with E-state index in [9.17, 15) is 61.5 Å². The molecule has 0 saturated heterocycles. The number of benzene rings is 8. The van der Waals surface area contributed by atoms with Gasteiger partial charge in [-0.2, -0.15) is 52.7 Å². The molecule has 0 bridgehead atoms. The van der Waals surface area contributed by atoms with Gasteiger partial charge in [-0.3, -0.25) is 0 Å². The van der Waals surface area contributed by atoms with E-state index in [-0.39, 0.29) is 11.6 Å². The zero-order valence-electron chi connectivity index (χ0n) is 42.4. The number of halogens is 14. The highest BCUT2D eigenvalue weighted by Crippen LogP contribution is 2.56. The first-order valence-corrected chi connectivity index (χ1v) is 23.3. The third kappa shape index (κ3) is 14.9. The summed E-state index contributed by atoms with van der Waals surface area (Å²) in [5.74, 6) is 0.986. The highest BCUT2D eigenvalue weighted by molar-refractivity contribution is 5.73. The van der Waals surface area contributed by atoms with E-state index < -0.39 is 63.5 Å². The second-order valence-corrected chi connectivity index (χ2v) is 18.3. The molecule has 400 valence electrons. The molecule has 0 aliphatic heterocycles. The highest BCUT2D eigenvalue weighted by Gasteiger charge is 2.72. The van der Waals surface area contributed by atoms with E-state index in [2.05, 4.69) is 13.8 Å². The molecule has 8 rings (SSSR count). The zero-order chi connectivity index (χ0) is 56.6. The summed E-state index contributed by atoms with van der Waals surface area (Å²) in [6.45, 7) is 13.8. The van der Waals surface area contributed by atoms with Crippen molar-refractivity contribution in [1.29, 1.82) is 0 Å². The molecule has 0 aromatic heterocycles. The molecule has 0 heterocycles. The van der Waals surface area contributed by atoms with Crippen LogP contribution in [0.1, 0.15) is 66.8 Å². The molecule has 8 aromatic carbocycles. The van der Waals surface area contributed by atoms with Crippen molar-refractivity contribution in [2.45, 2.75) is 85.5 Å². The Balaban J connectivity index is 0.000000190. The van der Waals surface area contributed by atoms with Crippen molar-refractivity contribution in [3.05, 3.63) is 248 Å². The Morgan fingerprint density at radius 2 is 0.513 bits per heavy atom. The van der Waals surface area contributed by atoms with Gasteiger partial charge in [0.1, 0.15) is 23.1 Å². The van der Waals surface area contributed by atoms with Crippen LogP contribution in [0.3, 0.4) is 0 Å². The van der Waals surface area contributed by atoms with Gasteiger partial charge in [-0.05, 0) is 137 Å². The molecule has 0 aliphatic rings. The molecular weight excluding hydrogens is 1010 g/mol. The van der Waals surface area contributed by atoms with Crippen LogP contribution >= 0.6 is 0 Å². The largest absolute Gasteiger partial charge is 0.457 e. The highest BCUT2D eigenvalue weighted by atomic mass is 19.4. The smallest absolute Gasteiger partial charge is 0.417 e. The van der Waals surface area contributed by atoms with Crippen molar-refractivity contribution >= 4 is 0 Å². The van der Waals surface area contributed by atoms with Crippen LogP contribution in [0.15, 0.2) is 170 Å². The Bertz CT molecular complexity index is 2970. The predicted molar refractivity (Wildman–Crippen MR) is 270 cm³/mol. The summed E-state index contributed by atoms with van der Waals surface area (Å²) < 4.78 is 194. The van der Waals surface area contributed by atoms with Gasteiger partial charge >= 0.3 is 24.7 Å². The van der Waals surface area contributed by atoms with E-state index in [0.29, 0.717) is 33.4 Å². The lowest BCUT2D eigenvalue weighted by molar-refractivity contribution is -0.288. The second kappa shape index (κ2) is 24.1. The van der Waals surface area contributed by atoms with Gasteiger partial charge in [-0.1, -0.05) is 155 Å². The third-order valence-corrected chi connectivity index (χ3v) is 11.9. The molecule has 0 N–H and O–H groups in total. The van der Waals surface area contributed by atoms with Gasteiger partial charge in [0.15, 0.2) is 0 Å². The van der Waals surface area contributed by atoms with Crippen LogP contribution in [0, 0.1) is 67.0 Å². The first-order chi connectivity index (χ1) is 35.3. The van der Waals surface area contributed by atoms with E-state index in [1.54, 1.807) is 52.0 Å². The molecule has 0 radical (unpaired) electrons. The average molecular weight is 1070 g/mol. The topological polar surface area (TPSA) is 9.23 Å². The number of aryl methyl sites for hydroxylation is 8. The Morgan fingerprint density at radius 3 is 0.763 bits per heavy atom. The van der Waals surface area contributed by atoms with Crippen LogP contribution in [0.4, 0.5) is 61.5 Å². The fourth-order valence-corrected chi connectivity index (χ4v) is 7.87. The molecule has 0 saturated carbocycles. The first kappa shape index (κ1) is 59.5. The zero-order valence-corrected chi connectivity index (χ0v) is 42.4. The monoisotopic (exact) mass is 1070 g/mol. The van der Waals surface area contributed by atoms with Crippen LogP contribution in [0.2, 0.25) is 0 Å². The Kier molecular flexibility index (Phi) is 18.8. The number of hydrogen-bond acceptors (Lipinski definition) is 1. The van der Waals surface area contributed by atoms with Gasteiger partial charge in [0, 0.05) is 11.1 Å². The van der Waals surface area contributed by atoms with E-state index in [0.717, 1.165) is 71.2 Å². The van der Waals surface area contributed by atoms with Gasteiger partial charge in [0.2, 0.25) is 5.41 Å². The summed E-state index contributed by atoms with van der Waals surface area (Å²) in [6, 6.07) is 40.8. The number of ether oxygens (including phenoxy) is 1. The molecule has 0 spiro atoms. The molecule has 1 nitrogen and oxygen atoms in total. The number of hydrogen-bond donors (Lipinski definition) is 0. The maximum Gasteiger partial charge on any atom is 0.417 e. The summed E-state index contributed by atoms with van der Waals surface area (Å²) in [6.07, 6.45) is -20.5. The molecule has 15 heteroatoms. The predicted octanol–water partition coefficient (Wildman–Crippen LogP) is 20.1. The quantitative estimate of drug-likeness (QED) is 0.151. The average Bonchev–Trinajstić information content (AvgIpc) is 3.31. The summed E-state index contributed by atoms with van der Waals surface area (Å²) in [5, 5.41) is 0. The van der Waals surface area contributed by atoms with Crippen molar-refractivity contribution in [2.75, 3.05) is 0 Å². The minimum absolute atomic E-state index is 0.308. The minimum Gasteiger partial charge on any atom is -0.457 e. The lowest BCUT2D eigenvalue weighted by Gasteiger charge is -2.38. The van der Waals surface area contributed by atoms with Gasteiger partial charge in [-0.25, -0.2) is 8.78 Å². The maximum absolute atomic E-state index is 13.7. The van der Waals surface area contributed by atoms with E-state index >= 15 is 0 Å². The molecule has 76 heavy (non-hydrogen) atoms. The summed E-state index contributed by atoms with van der Waals surface area (Å²) in [7, 11) is 0. The molecule has 8 aromatic rings. The number of rotatable bonds is 6. The molecule has 0 aliphatic carbocycles. The lowest BCUT2D eigenvalue weighted by Crippen LogP contribution is -2.54. The SMILES string of the molecule is Cc1ccc(-c2ccc(C)cc2C(F)(F)F)c(C(F)(F)F)c1.Cc1ccc(-c2ccc(C)cc2F)c(F)c1.Cc1ccc(C(c2ccc(C)cc2)(C(F)(F)F)C(F)(F)F)cc1.Cc1ccc(Oc2ccc(C)cc2)cc1. The Hall–Kier alpha value is -7.42. The normalized spacial score (nSPS) is 11.8. The Labute approximate surface area is 432 Å². The number of alkyl halides is 12. The van der Waals surface area contributed by atoms with Crippen molar-refractivity contribution in [1.82, 2.24) is 0 Å². The van der Waals surface area contributed by atoms with Crippen molar-refractivity contribution < 1.29 is 66.2 Å². The summed E-state index contributed by atoms with van der Waals surface area (Å²) >= 11 is 0. The van der Waals surface area contributed by atoms with Crippen LogP contribution < -0.4 is 4.74 Å². The van der Waals surface area contributed by atoms with Gasteiger partial charge in [-0.15, -0.1) is 0 Å². The first-order valence-electron chi connectivity index (χ1n) is 23.3. The fourth-order valence-electron chi connectivity index (χ4n) is 7.87. The van der Waals surface area contributed by atoms with Crippen molar-refractivity contribution in [3.8, 4) is 33.8 Å². The van der Waals surface area contributed by atoms with Crippen molar-refractivity contribution in [2.24, 2.45) is 0 Å². The molecule has 0 fully saturated rings. The third-order valence-electron chi connectivity index (χ3n) is 11.9. The second-order valence-electron chi connectivity index (χ2n) is 18.3. The molecule has 0 unspecified atom stereocenters. The van der Waals surface area contributed by atoms with Gasteiger partial charge in [0.05, 0.1) is 11.1 Å².